The van der Waals surface area contributed by atoms with Gasteiger partial charge in [-0.25, -0.2) is 0 Å². The summed E-state index contributed by atoms with van der Waals surface area (Å²) >= 11 is 0. The molecule has 0 aromatic carbocycles. The molecule has 0 aromatic heterocycles. The van der Waals surface area contributed by atoms with Crippen molar-refractivity contribution in [2.45, 2.75) is 61.3 Å². The highest BCUT2D eigenvalue weighted by atomic mass is 14.3. The Hall–Kier alpha value is 0. The SMILES string of the molecule is CCCC(C(C)C(C)C)C(C)C(C)C. The van der Waals surface area contributed by atoms with Gasteiger partial charge in [-0.2, -0.15) is 0 Å². The van der Waals surface area contributed by atoms with Gasteiger partial charge in [-0.05, 0) is 29.6 Å². The van der Waals surface area contributed by atoms with Crippen LogP contribution < -0.4 is 0 Å². The van der Waals surface area contributed by atoms with Crippen LogP contribution in [0.3, 0.4) is 0 Å². The van der Waals surface area contributed by atoms with Gasteiger partial charge >= 0.3 is 0 Å². The van der Waals surface area contributed by atoms with Crippen molar-refractivity contribution in [3.8, 4) is 0 Å². The standard InChI is InChI=1S/C14H30/c1-8-9-14(12(6)10(2)3)13(7)11(4)5/h10-14H,8-9H2,1-7H3. The highest BCUT2D eigenvalue weighted by Gasteiger charge is 2.26. The second-order valence-corrected chi connectivity index (χ2v) is 5.66. The van der Waals surface area contributed by atoms with Crippen LogP contribution in [0.1, 0.15) is 61.3 Å². The smallest absolute Gasteiger partial charge is 0.0358 e. The molecule has 2 atom stereocenters. The molecule has 0 aliphatic heterocycles. The van der Waals surface area contributed by atoms with Crippen LogP contribution in [0.2, 0.25) is 0 Å². The maximum absolute atomic E-state index is 2.43. The second-order valence-electron chi connectivity index (χ2n) is 5.66. The zero-order valence-corrected chi connectivity index (χ0v) is 11.3. The summed E-state index contributed by atoms with van der Waals surface area (Å²) in [6.07, 6.45) is 2.73. The molecule has 86 valence electrons. The van der Waals surface area contributed by atoms with Crippen molar-refractivity contribution in [2.75, 3.05) is 0 Å². The molecule has 0 amide bonds. The van der Waals surface area contributed by atoms with Gasteiger partial charge in [-0.1, -0.05) is 61.3 Å². The molecule has 0 aromatic rings. The van der Waals surface area contributed by atoms with Crippen molar-refractivity contribution in [1.29, 1.82) is 0 Å². The fourth-order valence-electron chi connectivity index (χ4n) is 2.33. The lowest BCUT2D eigenvalue weighted by atomic mass is 9.72. The van der Waals surface area contributed by atoms with Gasteiger partial charge in [-0.15, -0.1) is 0 Å². The minimum absolute atomic E-state index is 0.827. The minimum atomic E-state index is 0.827. The van der Waals surface area contributed by atoms with Crippen molar-refractivity contribution >= 4 is 0 Å². The van der Waals surface area contributed by atoms with Gasteiger partial charge in [-0.3, -0.25) is 0 Å². The van der Waals surface area contributed by atoms with Crippen LogP contribution in [0.5, 0.6) is 0 Å². The lowest BCUT2D eigenvalue weighted by Crippen LogP contribution is -2.26. The maximum Gasteiger partial charge on any atom is -0.0358 e. The molecule has 0 aliphatic carbocycles. The monoisotopic (exact) mass is 198 g/mol. The molecule has 0 aliphatic rings. The Morgan fingerprint density at radius 2 is 1.07 bits per heavy atom. The van der Waals surface area contributed by atoms with E-state index in [0.717, 1.165) is 29.6 Å². The fraction of sp³-hybridized carbons (Fsp3) is 1.00. The summed E-state index contributed by atoms with van der Waals surface area (Å²) in [5.74, 6) is 4.31. The van der Waals surface area contributed by atoms with Crippen LogP contribution in [0, 0.1) is 29.6 Å². The average molecular weight is 198 g/mol. The Morgan fingerprint density at radius 1 is 0.714 bits per heavy atom. The number of rotatable bonds is 6. The third-order valence-electron chi connectivity index (χ3n) is 4.08. The Labute approximate surface area is 91.5 Å². The lowest BCUT2D eigenvalue weighted by molar-refractivity contribution is 0.155. The van der Waals surface area contributed by atoms with E-state index in [0.29, 0.717) is 0 Å². The molecule has 2 unspecified atom stereocenters. The summed E-state index contributed by atoms with van der Waals surface area (Å²) in [5.41, 5.74) is 0. The van der Waals surface area contributed by atoms with Crippen LogP contribution in [0.25, 0.3) is 0 Å². The molecule has 0 saturated heterocycles. The summed E-state index contributed by atoms with van der Waals surface area (Å²) in [6.45, 7) is 16.6. The summed E-state index contributed by atoms with van der Waals surface area (Å²) in [5, 5.41) is 0. The van der Waals surface area contributed by atoms with Crippen LogP contribution in [-0.4, -0.2) is 0 Å². The van der Waals surface area contributed by atoms with Gasteiger partial charge in [0.25, 0.3) is 0 Å². The van der Waals surface area contributed by atoms with Gasteiger partial charge in [0.15, 0.2) is 0 Å². The van der Waals surface area contributed by atoms with Gasteiger partial charge < -0.3 is 0 Å². The Bertz CT molecular complexity index is 121. The first-order valence-electron chi connectivity index (χ1n) is 6.41. The van der Waals surface area contributed by atoms with E-state index in [9.17, 15) is 0 Å². The van der Waals surface area contributed by atoms with E-state index in [2.05, 4.69) is 48.5 Å². The van der Waals surface area contributed by atoms with E-state index in [1.165, 1.54) is 12.8 Å². The molecule has 0 fully saturated rings. The molecule has 0 heterocycles. The summed E-state index contributed by atoms with van der Waals surface area (Å²) in [7, 11) is 0. The van der Waals surface area contributed by atoms with Crippen LogP contribution in [0.15, 0.2) is 0 Å². The van der Waals surface area contributed by atoms with E-state index in [1.54, 1.807) is 0 Å². The summed E-state index contributed by atoms with van der Waals surface area (Å²) in [4.78, 5) is 0. The van der Waals surface area contributed by atoms with Crippen molar-refractivity contribution in [1.82, 2.24) is 0 Å². The van der Waals surface area contributed by atoms with Crippen molar-refractivity contribution in [3.05, 3.63) is 0 Å². The van der Waals surface area contributed by atoms with Gasteiger partial charge in [0, 0.05) is 0 Å². The van der Waals surface area contributed by atoms with Crippen molar-refractivity contribution in [3.63, 3.8) is 0 Å². The van der Waals surface area contributed by atoms with Crippen molar-refractivity contribution in [2.24, 2.45) is 29.6 Å². The fourth-order valence-corrected chi connectivity index (χ4v) is 2.33. The molecule has 0 rings (SSSR count). The maximum atomic E-state index is 2.43. The number of hydrogen-bond acceptors (Lipinski definition) is 0. The molecule has 0 N–H and O–H groups in total. The Morgan fingerprint density at radius 3 is 1.29 bits per heavy atom. The van der Waals surface area contributed by atoms with E-state index in [4.69, 9.17) is 0 Å². The zero-order valence-electron chi connectivity index (χ0n) is 11.3. The summed E-state index contributed by atoms with van der Waals surface area (Å²) < 4.78 is 0. The zero-order chi connectivity index (χ0) is 11.3. The normalized spacial score (nSPS) is 18.6. The van der Waals surface area contributed by atoms with Crippen LogP contribution >= 0.6 is 0 Å². The molecular formula is C14H30. The lowest BCUT2D eigenvalue weighted by Gasteiger charge is -2.34. The van der Waals surface area contributed by atoms with E-state index >= 15 is 0 Å². The largest absolute Gasteiger partial charge is 0.0654 e. The van der Waals surface area contributed by atoms with Crippen LogP contribution in [-0.2, 0) is 0 Å². The van der Waals surface area contributed by atoms with Gasteiger partial charge in [0.1, 0.15) is 0 Å². The molecule has 0 nitrogen and oxygen atoms in total. The third-order valence-corrected chi connectivity index (χ3v) is 4.08. The number of hydrogen-bond donors (Lipinski definition) is 0. The predicted octanol–water partition coefficient (Wildman–Crippen LogP) is 4.99. The highest BCUT2D eigenvalue weighted by molar-refractivity contribution is 4.75. The first-order valence-corrected chi connectivity index (χ1v) is 6.41. The molecule has 14 heavy (non-hydrogen) atoms. The molecule has 0 heteroatoms. The second kappa shape index (κ2) is 6.48. The van der Waals surface area contributed by atoms with E-state index in [-0.39, 0.29) is 0 Å². The van der Waals surface area contributed by atoms with Crippen LogP contribution in [0.4, 0.5) is 0 Å². The van der Waals surface area contributed by atoms with Gasteiger partial charge in [0.05, 0.1) is 0 Å². The molecule has 0 radical (unpaired) electrons. The first kappa shape index (κ1) is 14.0. The topological polar surface area (TPSA) is 0 Å². The Kier molecular flexibility index (Phi) is 6.48. The highest BCUT2D eigenvalue weighted by Crippen LogP contribution is 2.34. The minimum Gasteiger partial charge on any atom is -0.0654 e. The van der Waals surface area contributed by atoms with E-state index in [1.807, 2.05) is 0 Å². The van der Waals surface area contributed by atoms with Gasteiger partial charge in [0.2, 0.25) is 0 Å². The first-order chi connectivity index (χ1) is 6.41. The third kappa shape index (κ3) is 4.02. The van der Waals surface area contributed by atoms with E-state index < -0.39 is 0 Å². The summed E-state index contributed by atoms with van der Waals surface area (Å²) in [6, 6.07) is 0. The van der Waals surface area contributed by atoms with Crippen molar-refractivity contribution < 1.29 is 0 Å². The molecule has 0 saturated carbocycles. The molecule has 0 spiro atoms. The predicted molar refractivity (Wildman–Crippen MR) is 66.4 cm³/mol. The molecular weight excluding hydrogens is 168 g/mol. The molecule has 0 bridgehead atoms. The average Bonchev–Trinajstić information content (AvgIpc) is 2.11. The quantitative estimate of drug-likeness (QED) is 0.564. The Balaban J connectivity index is 4.41.